The number of hydrogen-bond acceptors (Lipinski definition) is 1. The van der Waals surface area contributed by atoms with Gasteiger partial charge in [0.2, 0.25) is 5.91 Å². The van der Waals surface area contributed by atoms with Crippen molar-refractivity contribution in [3.8, 4) is 0 Å². The van der Waals surface area contributed by atoms with Crippen molar-refractivity contribution in [2.24, 2.45) is 0 Å². The number of anilines is 1. The zero-order chi connectivity index (χ0) is 22.8. The molecular weight excluding hydrogens is 420 g/mol. The van der Waals surface area contributed by atoms with E-state index in [1.807, 2.05) is 31.2 Å². The maximum atomic E-state index is 13.2. The van der Waals surface area contributed by atoms with E-state index in [-0.39, 0.29) is 12.3 Å². The van der Waals surface area contributed by atoms with Crippen LogP contribution < -0.4 is 4.90 Å². The van der Waals surface area contributed by atoms with Crippen LogP contribution in [-0.4, -0.2) is 24.8 Å². The van der Waals surface area contributed by atoms with Gasteiger partial charge in [-0.15, -0.1) is 0 Å². The maximum absolute atomic E-state index is 13.2. The van der Waals surface area contributed by atoms with Crippen molar-refractivity contribution in [2.75, 3.05) is 11.4 Å². The van der Waals surface area contributed by atoms with Crippen LogP contribution in [-0.2, 0) is 17.6 Å². The molecule has 0 bridgehead atoms. The number of amides is 1. The van der Waals surface area contributed by atoms with Gasteiger partial charge in [-0.2, -0.15) is 26.3 Å². The van der Waals surface area contributed by atoms with Gasteiger partial charge in [0, 0.05) is 12.2 Å². The Bertz CT molecular complexity index is 903. The first-order valence-electron chi connectivity index (χ1n) is 10.1. The summed E-state index contributed by atoms with van der Waals surface area (Å²) >= 11 is 0. The summed E-state index contributed by atoms with van der Waals surface area (Å²) in [6, 6.07) is 10.5. The summed E-state index contributed by atoms with van der Waals surface area (Å²) in [5.74, 6) is -3.78. The van der Waals surface area contributed by atoms with Gasteiger partial charge in [-0.1, -0.05) is 48.4 Å². The average Bonchev–Trinajstić information content (AvgIpc) is 2.62. The lowest BCUT2D eigenvalue weighted by molar-refractivity contribution is -0.253. The molecule has 3 rings (SSSR count). The predicted octanol–water partition coefficient (Wildman–Crippen LogP) is 6.51. The van der Waals surface area contributed by atoms with E-state index in [9.17, 15) is 31.1 Å². The lowest BCUT2D eigenvalue weighted by Gasteiger charge is -2.29. The van der Waals surface area contributed by atoms with Gasteiger partial charge in [-0.3, -0.25) is 4.79 Å². The predicted molar refractivity (Wildman–Crippen MR) is 106 cm³/mol. The average molecular weight is 443 g/mol. The topological polar surface area (TPSA) is 20.3 Å². The molecule has 0 spiro atoms. The highest BCUT2D eigenvalue weighted by Crippen LogP contribution is 2.47. The smallest absolute Gasteiger partial charge is 0.312 e. The minimum atomic E-state index is -5.45. The number of rotatable bonds is 3. The van der Waals surface area contributed by atoms with Crippen LogP contribution in [0.5, 0.6) is 0 Å². The van der Waals surface area contributed by atoms with E-state index in [4.69, 9.17) is 0 Å². The first-order valence-corrected chi connectivity index (χ1v) is 10.1. The molecule has 2 nitrogen and oxygen atoms in total. The second-order valence-electron chi connectivity index (χ2n) is 7.92. The quantitative estimate of drug-likeness (QED) is 0.496. The fraction of sp³-hybridized carbons (Fsp3) is 0.435. The summed E-state index contributed by atoms with van der Waals surface area (Å²) in [4.78, 5) is 14.5. The first kappa shape index (κ1) is 23.2. The number of fused-ring (bicyclic) bond motifs is 1. The van der Waals surface area contributed by atoms with Gasteiger partial charge < -0.3 is 4.90 Å². The van der Waals surface area contributed by atoms with Crippen molar-refractivity contribution in [3.05, 3.63) is 64.7 Å². The molecule has 0 unspecified atom stereocenters. The fourth-order valence-electron chi connectivity index (χ4n) is 3.93. The van der Waals surface area contributed by atoms with Crippen molar-refractivity contribution >= 4 is 11.6 Å². The number of hydrogen-bond donors (Lipinski definition) is 0. The summed E-state index contributed by atoms with van der Waals surface area (Å²) < 4.78 is 79.0. The van der Waals surface area contributed by atoms with Gasteiger partial charge in [-0.05, 0) is 48.9 Å². The zero-order valence-corrected chi connectivity index (χ0v) is 17.0. The third-order valence-electron chi connectivity index (χ3n) is 5.49. The molecule has 0 atom stereocenters. The van der Waals surface area contributed by atoms with Crippen LogP contribution in [0.3, 0.4) is 0 Å². The Morgan fingerprint density at radius 3 is 2.19 bits per heavy atom. The monoisotopic (exact) mass is 443 g/mol. The Kier molecular flexibility index (Phi) is 6.67. The highest BCUT2D eigenvalue weighted by atomic mass is 19.4. The van der Waals surface area contributed by atoms with Crippen molar-refractivity contribution in [1.82, 2.24) is 0 Å². The van der Waals surface area contributed by atoms with Gasteiger partial charge in [-0.25, -0.2) is 0 Å². The molecule has 2 aromatic carbocycles. The summed E-state index contributed by atoms with van der Waals surface area (Å²) in [5.41, 5.74) is 1.73. The Morgan fingerprint density at radius 2 is 1.58 bits per heavy atom. The third kappa shape index (κ3) is 5.60. The van der Waals surface area contributed by atoms with Crippen LogP contribution >= 0.6 is 0 Å². The SMILES string of the molecule is Cc1ccc(CC(=O)N2CCCCCc3cc(C(C(F)(F)F)C(F)(F)F)ccc32)cc1. The Labute approximate surface area is 176 Å². The van der Waals surface area contributed by atoms with Crippen LogP contribution in [0.1, 0.15) is 47.4 Å². The summed E-state index contributed by atoms with van der Waals surface area (Å²) in [7, 11) is 0. The molecule has 0 fully saturated rings. The minimum absolute atomic E-state index is 0.106. The van der Waals surface area contributed by atoms with E-state index in [2.05, 4.69) is 0 Å². The van der Waals surface area contributed by atoms with E-state index in [1.165, 1.54) is 11.0 Å². The molecule has 1 amide bonds. The zero-order valence-electron chi connectivity index (χ0n) is 17.0. The van der Waals surface area contributed by atoms with Crippen molar-refractivity contribution in [1.29, 1.82) is 0 Å². The third-order valence-corrected chi connectivity index (χ3v) is 5.49. The normalized spacial score (nSPS) is 15.4. The number of carbonyl (C=O) groups is 1. The van der Waals surface area contributed by atoms with E-state index in [0.717, 1.165) is 29.7 Å². The summed E-state index contributed by atoms with van der Waals surface area (Å²) in [5, 5.41) is 0. The number of carbonyl (C=O) groups excluding carboxylic acids is 1. The summed E-state index contributed by atoms with van der Waals surface area (Å²) in [6.07, 6.45) is -8.38. The van der Waals surface area contributed by atoms with Crippen LogP contribution in [0.15, 0.2) is 42.5 Å². The summed E-state index contributed by atoms with van der Waals surface area (Å²) in [6.45, 7) is 2.30. The molecule has 0 radical (unpaired) electrons. The highest BCUT2D eigenvalue weighted by Gasteiger charge is 2.57. The van der Waals surface area contributed by atoms with Gasteiger partial charge in [0.15, 0.2) is 5.92 Å². The molecule has 1 aliphatic heterocycles. The molecular formula is C23H23F6NO. The number of halogens is 6. The van der Waals surface area contributed by atoms with Crippen LogP contribution in [0.25, 0.3) is 0 Å². The maximum Gasteiger partial charge on any atom is 0.404 e. The van der Waals surface area contributed by atoms with Gasteiger partial charge >= 0.3 is 12.4 Å². The molecule has 168 valence electrons. The second-order valence-corrected chi connectivity index (χ2v) is 7.92. The lowest BCUT2D eigenvalue weighted by atomic mass is 9.92. The largest absolute Gasteiger partial charge is 0.404 e. The molecule has 8 heteroatoms. The molecule has 1 heterocycles. The van der Waals surface area contributed by atoms with Crippen molar-refractivity contribution in [2.45, 2.75) is 57.3 Å². The molecule has 1 aliphatic rings. The molecule has 0 N–H and O–H groups in total. The molecule has 0 saturated heterocycles. The number of aryl methyl sites for hydroxylation is 2. The standard InChI is InChI=1S/C23H23F6NO/c1-15-6-8-16(9-7-15)13-20(31)30-12-4-2-3-5-17-14-18(10-11-19(17)30)21(22(24,25)26)23(27,28)29/h6-11,14,21H,2-5,12-13H2,1H3. The minimum Gasteiger partial charge on any atom is -0.312 e. The number of benzene rings is 2. The second kappa shape index (κ2) is 8.93. The molecule has 0 aliphatic carbocycles. The van der Waals surface area contributed by atoms with Crippen LogP contribution in [0.4, 0.5) is 32.0 Å². The van der Waals surface area contributed by atoms with E-state index < -0.39 is 23.8 Å². The van der Waals surface area contributed by atoms with Crippen molar-refractivity contribution in [3.63, 3.8) is 0 Å². The fourth-order valence-corrected chi connectivity index (χ4v) is 3.93. The van der Waals surface area contributed by atoms with Gasteiger partial charge in [0.1, 0.15) is 0 Å². The Hall–Kier alpha value is -2.51. The number of alkyl halides is 6. The van der Waals surface area contributed by atoms with Crippen LogP contribution in [0, 0.1) is 6.92 Å². The Balaban J connectivity index is 1.95. The molecule has 0 aromatic heterocycles. The van der Waals surface area contributed by atoms with E-state index >= 15 is 0 Å². The van der Waals surface area contributed by atoms with Crippen LogP contribution in [0.2, 0.25) is 0 Å². The Morgan fingerprint density at radius 1 is 0.935 bits per heavy atom. The van der Waals surface area contributed by atoms with Crippen molar-refractivity contribution < 1.29 is 31.1 Å². The highest BCUT2D eigenvalue weighted by molar-refractivity contribution is 5.95. The van der Waals surface area contributed by atoms with E-state index in [1.54, 1.807) is 0 Å². The molecule has 2 aromatic rings. The molecule has 0 saturated carbocycles. The number of nitrogens with zero attached hydrogens (tertiary/aromatic N) is 1. The van der Waals surface area contributed by atoms with Gasteiger partial charge in [0.25, 0.3) is 0 Å². The van der Waals surface area contributed by atoms with E-state index in [0.29, 0.717) is 37.1 Å². The first-order chi connectivity index (χ1) is 14.5. The lowest BCUT2D eigenvalue weighted by Crippen LogP contribution is -2.36. The molecule has 31 heavy (non-hydrogen) atoms. The van der Waals surface area contributed by atoms with Gasteiger partial charge in [0.05, 0.1) is 6.42 Å².